The van der Waals surface area contributed by atoms with Gasteiger partial charge in [-0.2, -0.15) is 0 Å². The van der Waals surface area contributed by atoms with E-state index in [0.717, 1.165) is 6.04 Å². The molecule has 0 radical (unpaired) electrons. The van der Waals surface area contributed by atoms with Gasteiger partial charge in [0.1, 0.15) is 0 Å². The number of anilines is 1. The smallest absolute Gasteiger partial charge is 0.0403 e. The first-order valence-electron chi connectivity index (χ1n) is 6.71. The van der Waals surface area contributed by atoms with E-state index in [1.54, 1.807) is 5.56 Å². The van der Waals surface area contributed by atoms with Crippen molar-refractivity contribution in [1.29, 1.82) is 0 Å². The van der Waals surface area contributed by atoms with E-state index in [1.807, 2.05) is 13.8 Å². The number of fused-ring (bicyclic) bond motifs is 1. The van der Waals surface area contributed by atoms with Crippen LogP contribution in [0.15, 0.2) is 18.2 Å². The molecule has 1 aliphatic carbocycles. The van der Waals surface area contributed by atoms with Crippen molar-refractivity contribution >= 4 is 5.69 Å². The third-order valence-corrected chi connectivity index (χ3v) is 3.51. The molecular weight excluding hydrogens is 194 g/mol. The van der Waals surface area contributed by atoms with E-state index in [2.05, 4.69) is 30.0 Å². The van der Waals surface area contributed by atoms with Gasteiger partial charge in [0.15, 0.2) is 0 Å². The van der Waals surface area contributed by atoms with Gasteiger partial charge in [-0.05, 0) is 49.8 Å². The first-order chi connectivity index (χ1) is 7.86. The summed E-state index contributed by atoms with van der Waals surface area (Å²) >= 11 is 0. The van der Waals surface area contributed by atoms with Crippen LogP contribution in [-0.2, 0) is 6.42 Å². The Morgan fingerprint density at radius 1 is 1.19 bits per heavy atom. The summed E-state index contributed by atoms with van der Waals surface area (Å²) in [5.41, 5.74) is 4.61. The summed E-state index contributed by atoms with van der Waals surface area (Å²) in [6.07, 6.45) is 5.44. The fourth-order valence-electron chi connectivity index (χ4n) is 2.59. The van der Waals surface area contributed by atoms with Crippen molar-refractivity contribution in [3.63, 3.8) is 0 Å². The molecular formula is C15H23N. The lowest BCUT2D eigenvalue weighted by Gasteiger charge is -2.32. The molecule has 0 unspecified atom stereocenters. The summed E-state index contributed by atoms with van der Waals surface area (Å²) < 4.78 is 0. The normalized spacial score (nSPS) is 18.6. The first-order valence-corrected chi connectivity index (χ1v) is 6.71. The first kappa shape index (κ1) is 11.5. The number of hydrogen-bond acceptors (Lipinski definition) is 1. The Hall–Kier alpha value is -0.980. The Kier molecular flexibility index (Phi) is 3.52. The Labute approximate surface area is 99.5 Å². The molecule has 3 rings (SSSR count). The minimum absolute atomic E-state index is 0.871. The van der Waals surface area contributed by atoms with Crippen molar-refractivity contribution in [3.8, 4) is 0 Å². The zero-order chi connectivity index (χ0) is 11.5. The van der Waals surface area contributed by atoms with E-state index in [9.17, 15) is 0 Å². The number of rotatable bonds is 1. The average molecular weight is 217 g/mol. The zero-order valence-corrected chi connectivity index (χ0v) is 10.8. The molecule has 0 bridgehead atoms. The summed E-state index contributed by atoms with van der Waals surface area (Å²) in [6, 6.07) is 7.63. The average Bonchev–Trinajstić information content (AvgIpc) is 3.16. The van der Waals surface area contributed by atoms with Crippen molar-refractivity contribution in [1.82, 2.24) is 0 Å². The molecule has 0 N–H and O–H groups in total. The third-order valence-electron chi connectivity index (χ3n) is 3.51. The SMILES string of the molecule is CC.Cc1cccc2c1CCCN2C1CC1. The second-order valence-electron chi connectivity index (χ2n) is 4.60. The lowest BCUT2D eigenvalue weighted by atomic mass is 9.97. The van der Waals surface area contributed by atoms with Crippen LogP contribution in [-0.4, -0.2) is 12.6 Å². The Morgan fingerprint density at radius 3 is 2.62 bits per heavy atom. The van der Waals surface area contributed by atoms with Gasteiger partial charge in [-0.3, -0.25) is 0 Å². The predicted octanol–water partition coefficient (Wildman–Crippen LogP) is 3.94. The van der Waals surface area contributed by atoms with E-state index in [0.29, 0.717) is 0 Å². The monoisotopic (exact) mass is 217 g/mol. The van der Waals surface area contributed by atoms with Gasteiger partial charge in [0.25, 0.3) is 0 Å². The topological polar surface area (TPSA) is 3.24 Å². The number of aryl methyl sites for hydroxylation is 1. The third kappa shape index (κ3) is 2.09. The second-order valence-corrected chi connectivity index (χ2v) is 4.60. The molecule has 2 aliphatic rings. The highest BCUT2D eigenvalue weighted by Gasteiger charge is 2.31. The van der Waals surface area contributed by atoms with E-state index >= 15 is 0 Å². The fraction of sp³-hybridized carbons (Fsp3) is 0.600. The summed E-state index contributed by atoms with van der Waals surface area (Å²) in [7, 11) is 0. The van der Waals surface area contributed by atoms with Gasteiger partial charge in [-0.1, -0.05) is 26.0 Å². The summed E-state index contributed by atoms with van der Waals surface area (Å²) in [6.45, 7) is 7.52. The van der Waals surface area contributed by atoms with E-state index in [1.165, 1.54) is 43.5 Å². The van der Waals surface area contributed by atoms with Gasteiger partial charge in [-0.25, -0.2) is 0 Å². The maximum atomic E-state index is 2.63. The Morgan fingerprint density at radius 2 is 1.94 bits per heavy atom. The van der Waals surface area contributed by atoms with Crippen molar-refractivity contribution < 1.29 is 0 Å². The zero-order valence-electron chi connectivity index (χ0n) is 10.8. The molecule has 0 aromatic heterocycles. The molecule has 0 spiro atoms. The Bertz CT molecular complexity index is 352. The van der Waals surface area contributed by atoms with Crippen molar-refractivity contribution in [2.75, 3.05) is 11.4 Å². The lowest BCUT2D eigenvalue weighted by molar-refractivity contribution is 0.685. The molecule has 1 aliphatic heterocycles. The van der Waals surface area contributed by atoms with Crippen LogP contribution in [0.3, 0.4) is 0 Å². The van der Waals surface area contributed by atoms with Gasteiger partial charge in [0.05, 0.1) is 0 Å². The predicted molar refractivity (Wildman–Crippen MR) is 71.2 cm³/mol. The largest absolute Gasteiger partial charge is 0.368 e. The van der Waals surface area contributed by atoms with Crippen LogP contribution in [0.25, 0.3) is 0 Å². The Balaban J connectivity index is 0.000000457. The summed E-state index contributed by atoms with van der Waals surface area (Å²) in [4.78, 5) is 2.63. The molecule has 0 saturated heterocycles. The van der Waals surface area contributed by atoms with Crippen LogP contribution < -0.4 is 4.90 Å². The van der Waals surface area contributed by atoms with Crippen molar-refractivity contribution in [2.45, 2.75) is 52.5 Å². The van der Waals surface area contributed by atoms with Gasteiger partial charge in [0.2, 0.25) is 0 Å². The van der Waals surface area contributed by atoms with Gasteiger partial charge in [0, 0.05) is 18.3 Å². The highest BCUT2D eigenvalue weighted by atomic mass is 15.2. The molecule has 1 heteroatoms. The molecule has 0 atom stereocenters. The van der Waals surface area contributed by atoms with Gasteiger partial charge in [-0.15, -0.1) is 0 Å². The number of benzene rings is 1. The quantitative estimate of drug-likeness (QED) is 0.689. The standard InChI is InChI=1S/C13H17N.C2H6/c1-10-4-2-6-13-12(10)5-3-9-14(13)11-7-8-11;1-2/h2,4,6,11H,3,5,7-9H2,1H3;1-2H3. The van der Waals surface area contributed by atoms with Crippen LogP contribution in [0.5, 0.6) is 0 Å². The summed E-state index contributed by atoms with van der Waals surface area (Å²) in [5.74, 6) is 0. The van der Waals surface area contributed by atoms with Crippen LogP contribution in [0.1, 0.15) is 44.2 Å². The molecule has 88 valence electrons. The number of nitrogens with zero attached hydrogens (tertiary/aromatic N) is 1. The van der Waals surface area contributed by atoms with E-state index < -0.39 is 0 Å². The molecule has 16 heavy (non-hydrogen) atoms. The highest BCUT2D eigenvalue weighted by Crippen LogP contribution is 2.37. The molecule has 1 nitrogen and oxygen atoms in total. The van der Waals surface area contributed by atoms with E-state index in [4.69, 9.17) is 0 Å². The molecule has 1 heterocycles. The van der Waals surface area contributed by atoms with Crippen LogP contribution in [0, 0.1) is 6.92 Å². The number of hydrogen-bond donors (Lipinski definition) is 0. The maximum Gasteiger partial charge on any atom is 0.0403 e. The molecule has 1 fully saturated rings. The summed E-state index contributed by atoms with van der Waals surface area (Å²) in [5, 5.41) is 0. The van der Waals surface area contributed by atoms with Crippen LogP contribution >= 0.6 is 0 Å². The maximum absolute atomic E-state index is 2.63. The minimum atomic E-state index is 0.871. The van der Waals surface area contributed by atoms with E-state index in [-0.39, 0.29) is 0 Å². The highest BCUT2D eigenvalue weighted by molar-refractivity contribution is 5.59. The fourth-order valence-corrected chi connectivity index (χ4v) is 2.59. The molecule has 1 saturated carbocycles. The lowest BCUT2D eigenvalue weighted by Crippen LogP contribution is -2.31. The molecule has 1 aromatic rings. The van der Waals surface area contributed by atoms with Gasteiger partial charge < -0.3 is 4.90 Å². The molecule has 1 aromatic carbocycles. The second kappa shape index (κ2) is 4.90. The van der Waals surface area contributed by atoms with Crippen LogP contribution in [0.4, 0.5) is 5.69 Å². The minimum Gasteiger partial charge on any atom is -0.368 e. The molecule has 0 amide bonds. The van der Waals surface area contributed by atoms with Gasteiger partial charge >= 0.3 is 0 Å². The van der Waals surface area contributed by atoms with Crippen molar-refractivity contribution in [2.24, 2.45) is 0 Å². The van der Waals surface area contributed by atoms with Crippen LogP contribution in [0.2, 0.25) is 0 Å². The van der Waals surface area contributed by atoms with Crippen molar-refractivity contribution in [3.05, 3.63) is 29.3 Å².